The zero-order chi connectivity index (χ0) is 14.7. The van der Waals surface area contributed by atoms with Gasteiger partial charge in [0.1, 0.15) is 0 Å². The summed E-state index contributed by atoms with van der Waals surface area (Å²) in [5.74, 6) is -1.50. The van der Waals surface area contributed by atoms with Crippen LogP contribution in [0.4, 0.5) is 0 Å². The summed E-state index contributed by atoms with van der Waals surface area (Å²) in [6.07, 6.45) is 0.318. The van der Waals surface area contributed by atoms with E-state index in [2.05, 4.69) is 0 Å². The first kappa shape index (κ1) is 14.9. The highest BCUT2D eigenvalue weighted by Gasteiger charge is 2.21. The molecule has 2 rings (SSSR count). The molecular weight excluding hydrogens is 295 g/mol. The molecule has 0 saturated carbocycles. The summed E-state index contributed by atoms with van der Waals surface area (Å²) in [5, 5.41) is 10.6. The van der Waals surface area contributed by atoms with Crippen molar-refractivity contribution in [3.63, 3.8) is 0 Å². The van der Waals surface area contributed by atoms with Crippen LogP contribution in [0.1, 0.15) is 22.6 Å². The minimum Gasteiger partial charge on any atom is -0.481 e. The molecule has 4 heteroatoms. The maximum absolute atomic E-state index is 11.5. The summed E-state index contributed by atoms with van der Waals surface area (Å²) < 4.78 is 0. The molecule has 2 nitrogen and oxygen atoms in total. The summed E-state index contributed by atoms with van der Waals surface area (Å²) in [6.45, 7) is 1.94. The fourth-order valence-corrected chi connectivity index (χ4v) is 2.54. The number of halogens is 2. The monoisotopic (exact) mass is 308 g/mol. The van der Waals surface area contributed by atoms with E-state index in [1.807, 2.05) is 31.2 Å². The molecule has 0 saturated heterocycles. The molecule has 2 aromatic carbocycles. The van der Waals surface area contributed by atoms with Crippen molar-refractivity contribution in [2.45, 2.75) is 19.3 Å². The molecule has 0 bridgehead atoms. The van der Waals surface area contributed by atoms with Crippen molar-refractivity contribution >= 4 is 29.2 Å². The molecule has 0 amide bonds. The third kappa shape index (κ3) is 3.53. The van der Waals surface area contributed by atoms with Gasteiger partial charge in [0.25, 0.3) is 0 Å². The standard InChI is InChI=1S/C16H14Cl2O2/c1-10-3-2-4-11(7-10)14(16(19)20)9-12-8-13(17)5-6-15(12)18/h2-8,14H,9H2,1H3,(H,19,20). The van der Waals surface area contributed by atoms with Crippen LogP contribution in [0, 0.1) is 6.92 Å². The van der Waals surface area contributed by atoms with Crippen LogP contribution in [0.5, 0.6) is 0 Å². The van der Waals surface area contributed by atoms with Crippen molar-refractivity contribution in [2.75, 3.05) is 0 Å². The molecule has 2 aromatic rings. The van der Waals surface area contributed by atoms with Gasteiger partial charge in [0.2, 0.25) is 0 Å². The van der Waals surface area contributed by atoms with E-state index in [0.29, 0.717) is 16.5 Å². The molecule has 104 valence electrons. The lowest BCUT2D eigenvalue weighted by Crippen LogP contribution is -2.14. The van der Waals surface area contributed by atoms with Crippen LogP contribution in [0.2, 0.25) is 10.0 Å². The zero-order valence-electron chi connectivity index (χ0n) is 10.9. The Kier molecular flexibility index (Phi) is 4.69. The number of aryl methyl sites for hydroxylation is 1. The number of carbonyl (C=O) groups is 1. The average Bonchev–Trinajstić information content (AvgIpc) is 2.39. The van der Waals surface area contributed by atoms with Crippen LogP contribution in [0.3, 0.4) is 0 Å². The first-order valence-corrected chi connectivity index (χ1v) is 6.96. The van der Waals surface area contributed by atoms with Crippen molar-refractivity contribution < 1.29 is 9.90 Å². The number of benzene rings is 2. The number of hydrogen-bond acceptors (Lipinski definition) is 1. The lowest BCUT2D eigenvalue weighted by molar-refractivity contribution is -0.138. The first-order valence-electron chi connectivity index (χ1n) is 6.20. The predicted molar refractivity (Wildman–Crippen MR) is 81.7 cm³/mol. The van der Waals surface area contributed by atoms with Gasteiger partial charge in [-0.05, 0) is 42.7 Å². The minimum absolute atomic E-state index is 0.318. The first-order chi connectivity index (χ1) is 9.47. The Morgan fingerprint density at radius 1 is 1.20 bits per heavy atom. The van der Waals surface area contributed by atoms with Gasteiger partial charge in [-0.3, -0.25) is 4.79 Å². The van der Waals surface area contributed by atoms with Gasteiger partial charge in [0.15, 0.2) is 0 Å². The van der Waals surface area contributed by atoms with E-state index in [4.69, 9.17) is 23.2 Å². The lowest BCUT2D eigenvalue weighted by Gasteiger charge is -2.14. The number of carboxylic acid groups (broad SMARTS) is 1. The fourth-order valence-electron chi connectivity index (χ4n) is 2.15. The molecule has 1 unspecified atom stereocenters. The molecule has 0 radical (unpaired) electrons. The van der Waals surface area contributed by atoms with Crippen LogP contribution in [-0.2, 0) is 11.2 Å². The Hall–Kier alpha value is -1.51. The summed E-state index contributed by atoms with van der Waals surface area (Å²) in [7, 11) is 0. The van der Waals surface area contributed by atoms with Gasteiger partial charge >= 0.3 is 5.97 Å². The predicted octanol–water partition coefficient (Wildman–Crippen LogP) is 4.71. The smallest absolute Gasteiger partial charge is 0.311 e. The van der Waals surface area contributed by atoms with Gasteiger partial charge < -0.3 is 5.11 Å². The zero-order valence-corrected chi connectivity index (χ0v) is 12.4. The quantitative estimate of drug-likeness (QED) is 0.888. The molecule has 0 aliphatic rings. The fraction of sp³-hybridized carbons (Fsp3) is 0.188. The molecule has 1 atom stereocenters. The van der Waals surface area contributed by atoms with Crippen LogP contribution < -0.4 is 0 Å². The summed E-state index contributed by atoms with van der Waals surface area (Å²) in [5.41, 5.74) is 2.55. The highest BCUT2D eigenvalue weighted by molar-refractivity contribution is 6.33. The second kappa shape index (κ2) is 6.29. The van der Waals surface area contributed by atoms with Crippen molar-refractivity contribution in [1.82, 2.24) is 0 Å². The topological polar surface area (TPSA) is 37.3 Å². The van der Waals surface area contributed by atoms with E-state index in [-0.39, 0.29) is 0 Å². The summed E-state index contributed by atoms with van der Waals surface area (Å²) in [6, 6.07) is 12.6. The number of carboxylic acids is 1. The highest BCUT2D eigenvalue weighted by Crippen LogP contribution is 2.28. The Morgan fingerprint density at radius 2 is 1.95 bits per heavy atom. The van der Waals surface area contributed by atoms with Crippen molar-refractivity contribution in [2.24, 2.45) is 0 Å². The number of rotatable bonds is 4. The van der Waals surface area contributed by atoms with Crippen LogP contribution in [0.25, 0.3) is 0 Å². The van der Waals surface area contributed by atoms with Crippen LogP contribution in [0.15, 0.2) is 42.5 Å². The molecule has 20 heavy (non-hydrogen) atoms. The van der Waals surface area contributed by atoms with Crippen LogP contribution >= 0.6 is 23.2 Å². The second-order valence-corrected chi connectivity index (χ2v) is 5.59. The van der Waals surface area contributed by atoms with Gasteiger partial charge in [-0.1, -0.05) is 53.0 Å². The van der Waals surface area contributed by atoms with E-state index < -0.39 is 11.9 Å². The Bertz CT molecular complexity index is 638. The maximum atomic E-state index is 11.5. The summed E-state index contributed by atoms with van der Waals surface area (Å²) in [4.78, 5) is 11.5. The van der Waals surface area contributed by atoms with Gasteiger partial charge in [-0.25, -0.2) is 0 Å². The highest BCUT2D eigenvalue weighted by atomic mass is 35.5. The molecule has 0 spiro atoms. The molecule has 0 heterocycles. The molecular formula is C16H14Cl2O2. The number of aliphatic carboxylic acids is 1. The summed E-state index contributed by atoms with van der Waals surface area (Å²) >= 11 is 12.1. The van der Waals surface area contributed by atoms with E-state index in [1.54, 1.807) is 18.2 Å². The van der Waals surface area contributed by atoms with E-state index in [0.717, 1.165) is 16.7 Å². The third-order valence-electron chi connectivity index (χ3n) is 3.17. The Labute approximate surface area is 128 Å². The molecule has 1 N–H and O–H groups in total. The van der Waals surface area contributed by atoms with Gasteiger partial charge in [0.05, 0.1) is 5.92 Å². The van der Waals surface area contributed by atoms with E-state index in [9.17, 15) is 9.90 Å². The minimum atomic E-state index is -0.869. The van der Waals surface area contributed by atoms with E-state index in [1.165, 1.54) is 0 Å². The van der Waals surface area contributed by atoms with Crippen molar-refractivity contribution in [3.05, 3.63) is 69.2 Å². The van der Waals surface area contributed by atoms with Gasteiger partial charge in [-0.15, -0.1) is 0 Å². The molecule has 0 fully saturated rings. The second-order valence-electron chi connectivity index (χ2n) is 4.74. The molecule has 0 aliphatic carbocycles. The van der Waals surface area contributed by atoms with E-state index >= 15 is 0 Å². The number of hydrogen-bond donors (Lipinski definition) is 1. The Balaban J connectivity index is 2.35. The normalized spacial score (nSPS) is 12.2. The Morgan fingerprint density at radius 3 is 2.60 bits per heavy atom. The lowest BCUT2D eigenvalue weighted by atomic mass is 9.91. The van der Waals surface area contributed by atoms with Gasteiger partial charge in [-0.2, -0.15) is 0 Å². The van der Waals surface area contributed by atoms with Crippen LogP contribution in [-0.4, -0.2) is 11.1 Å². The average molecular weight is 309 g/mol. The van der Waals surface area contributed by atoms with Crippen molar-refractivity contribution in [1.29, 1.82) is 0 Å². The van der Waals surface area contributed by atoms with Gasteiger partial charge in [0, 0.05) is 10.0 Å². The molecule has 0 aliphatic heterocycles. The molecule has 0 aromatic heterocycles. The van der Waals surface area contributed by atoms with Crippen molar-refractivity contribution in [3.8, 4) is 0 Å². The largest absolute Gasteiger partial charge is 0.481 e. The SMILES string of the molecule is Cc1cccc(C(Cc2cc(Cl)ccc2Cl)C(=O)O)c1. The third-order valence-corrected chi connectivity index (χ3v) is 3.78. The maximum Gasteiger partial charge on any atom is 0.311 e.